The SMILES string of the molecule is Cc1cc2c(cc1C)C(=O)CC1(CCN(C(=O)OCCCl)CC1)O2. The summed E-state index contributed by atoms with van der Waals surface area (Å²) in [5, 5.41) is 0. The largest absolute Gasteiger partial charge is 0.486 e. The van der Waals surface area contributed by atoms with E-state index in [-0.39, 0.29) is 24.4 Å². The van der Waals surface area contributed by atoms with E-state index in [4.69, 9.17) is 21.1 Å². The number of amides is 1. The standard InChI is InChI=1S/C18H22ClNO4/c1-12-9-14-15(21)11-18(24-16(14)10-13(12)2)3-6-20(7-4-18)17(22)23-8-5-19/h9-10H,3-8,11H2,1-2H3. The number of halogens is 1. The summed E-state index contributed by atoms with van der Waals surface area (Å²) in [4.78, 5) is 26.1. The van der Waals surface area contributed by atoms with E-state index in [9.17, 15) is 9.59 Å². The second-order valence-corrected chi connectivity index (χ2v) is 6.99. The third-order valence-electron chi connectivity index (χ3n) is 4.94. The molecule has 130 valence electrons. The summed E-state index contributed by atoms with van der Waals surface area (Å²) < 4.78 is 11.3. The number of likely N-dealkylation sites (tertiary alicyclic amines) is 1. The molecule has 2 heterocycles. The van der Waals surface area contributed by atoms with Crippen molar-refractivity contribution in [3.63, 3.8) is 0 Å². The van der Waals surface area contributed by atoms with Gasteiger partial charge in [0.25, 0.3) is 0 Å². The molecule has 1 spiro atoms. The summed E-state index contributed by atoms with van der Waals surface area (Å²) in [6, 6.07) is 3.86. The molecule has 0 saturated carbocycles. The first-order chi connectivity index (χ1) is 11.4. The van der Waals surface area contributed by atoms with E-state index in [1.54, 1.807) is 4.90 Å². The Kier molecular flexibility index (Phi) is 4.72. The van der Waals surface area contributed by atoms with Gasteiger partial charge in [0.05, 0.1) is 17.9 Å². The lowest BCUT2D eigenvalue weighted by Gasteiger charge is -2.43. The van der Waals surface area contributed by atoms with Gasteiger partial charge in [0, 0.05) is 25.9 Å². The number of hydrogen-bond acceptors (Lipinski definition) is 4. The fraction of sp³-hybridized carbons (Fsp3) is 0.556. The number of alkyl halides is 1. The van der Waals surface area contributed by atoms with E-state index in [0.717, 1.165) is 11.1 Å². The number of carbonyl (C=O) groups is 2. The van der Waals surface area contributed by atoms with Crippen LogP contribution in [0.5, 0.6) is 5.75 Å². The Bertz CT molecular complexity index is 665. The van der Waals surface area contributed by atoms with Crippen LogP contribution in [0.3, 0.4) is 0 Å². The normalized spacial score (nSPS) is 19.0. The van der Waals surface area contributed by atoms with E-state index < -0.39 is 5.60 Å². The number of benzene rings is 1. The average Bonchev–Trinajstić information content (AvgIpc) is 2.55. The summed E-state index contributed by atoms with van der Waals surface area (Å²) in [7, 11) is 0. The van der Waals surface area contributed by atoms with Gasteiger partial charge in [-0.15, -0.1) is 11.6 Å². The number of ketones is 1. The Hall–Kier alpha value is -1.75. The van der Waals surface area contributed by atoms with Gasteiger partial charge in [0.15, 0.2) is 5.78 Å². The number of piperidine rings is 1. The smallest absolute Gasteiger partial charge is 0.409 e. The highest BCUT2D eigenvalue weighted by Crippen LogP contribution is 2.40. The molecule has 6 heteroatoms. The predicted octanol–water partition coefficient (Wildman–Crippen LogP) is 3.48. The number of ether oxygens (including phenoxy) is 2. The van der Waals surface area contributed by atoms with Crippen molar-refractivity contribution in [3.05, 3.63) is 28.8 Å². The fourth-order valence-electron chi connectivity index (χ4n) is 3.34. The topological polar surface area (TPSA) is 55.8 Å². The average molecular weight is 352 g/mol. The summed E-state index contributed by atoms with van der Waals surface area (Å²) >= 11 is 5.54. The van der Waals surface area contributed by atoms with Crippen LogP contribution in [-0.4, -0.2) is 48.0 Å². The molecular weight excluding hydrogens is 330 g/mol. The van der Waals surface area contributed by atoms with E-state index in [0.29, 0.717) is 43.7 Å². The maximum absolute atomic E-state index is 12.6. The van der Waals surface area contributed by atoms with Crippen LogP contribution in [0.4, 0.5) is 4.79 Å². The van der Waals surface area contributed by atoms with Crippen LogP contribution < -0.4 is 4.74 Å². The van der Waals surface area contributed by atoms with Gasteiger partial charge in [0.2, 0.25) is 0 Å². The fourth-order valence-corrected chi connectivity index (χ4v) is 3.42. The van der Waals surface area contributed by atoms with E-state index in [2.05, 4.69) is 0 Å². The van der Waals surface area contributed by atoms with Gasteiger partial charge in [-0.25, -0.2) is 4.79 Å². The Balaban J connectivity index is 1.72. The zero-order valence-electron chi connectivity index (χ0n) is 14.1. The summed E-state index contributed by atoms with van der Waals surface area (Å²) in [5.74, 6) is 1.08. The van der Waals surface area contributed by atoms with Crippen LogP contribution in [0.15, 0.2) is 12.1 Å². The minimum absolute atomic E-state index is 0.123. The van der Waals surface area contributed by atoms with Crippen molar-refractivity contribution in [2.24, 2.45) is 0 Å². The molecule has 1 aromatic rings. The molecule has 1 amide bonds. The number of Topliss-reactive ketones (excluding diaryl/α,β-unsaturated/α-hetero) is 1. The van der Waals surface area contributed by atoms with Crippen molar-refractivity contribution in [2.75, 3.05) is 25.6 Å². The third kappa shape index (κ3) is 3.22. The van der Waals surface area contributed by atoms with Gasteiger partial charge >= 0.3 is 6.09 Å². The second kappa shape index (κ2) is 6.63. The summed E-state index contributed by atoms with van der Waals surface area (Å²) in [6.45, 7) is 5.27. The molecule has 1 aromatic carbocycles. The van der Waals surface area contributed by atoms with Gasteiger partial charge in [-0.05, 0) is 37.1 Å². The van der Waals surface area contributed by atoms with Crippen LogP contribution in [0.2, 0.25) is 0 Å². The minimum atomic E-state index is -0.505. The van der Waals surface area contributed by atoms with Crippen molar-refractivity contribution in [1.29, 1.82) is 0 Å². The molecular formula is C18H22ClNO4. The van der Waals surface area contributed by atoms with Crippen molar-refractivity contribution < 1.29 is 19.1 Å². The van der Waals surface area contributed by atoms with Crippen molar-refractivity contribution >= 4 is 23.5 Å². The highest BCUT2D eigenvalue weighted by Gasteiger charge is 2.44. The molecule has 2 aliphatic rings. The Morgan fingerprint density at radius 2 is 1.96 bits per heavy atom. The number of aryl methyl sites for hydroxylation is 2. The number of nitrogens with zero attached hydrogens (tertiary/aromatic N) is 1. The number of fused-ring (bicyclic) bond motifs is 1. The summed E-state index contributed by atoms with van der Waals surface area (Å²) in [5.41, 5.74) is 2.38. The molecule has 0 N–H and O–H groups in total. The quantitative estimate of drug-likeness (QED) is 0.765. The van der Waals surface area contributed by atoms with E-state index in [1.165, 1.54) is 0 Å². The van der Waals surface area contributed by atoms with Crippen LogP contribution in [0.1, 0.15) is 40.7 Å². The molecule has 0 atom stereocenters. The predicted molar refractivity (Wildman–Crippen MR) is 91.1 cm³/mol. The lowest BCUT2D eigenvalue weighted by atomic mass is 9.82. The Morgan fingerprint density at radius 1 is 1.29 bits per heavy atom. The van der Waals surface area contributed by atoms with E-state index >= 15 is 0 Å². The first-order valence-electron chi connectivity index (χ1n) is 8.25. The lowest BCUT2D eigenvalue weighted by Crippen LogP contribution is -2.52. The van der Waals surface area contributed by atoms with Gasteiger partial charge in [-0.2, -0.15) is 0 Å². The molecule has 1 fully saturated rings. The number of rotatable bonds is 2. The molecule has 1 saturated heterocycles. The van der Waals surface area contributed by atoms with Crippen LogP contribution >= 0.6 is 11.6 Å². The second-order valence-electron chi connectivity index (χ2n) is 6.61. The highest BCUT2D eigenvalue weighted by molar-refractivity contribution is 6.18. The maximum atomic E-state index is 12.6. The number of carbonyl (C=O) groups excluding carboxylic acids is 2. The molecule has 24 heavy (non-hydrogen) atoms. The molecule has 0 unspecified atom stereocenters. The molecule has 3 rings (SSSR count). The van der Waals surface area contributed by atoms with Gasteiger partial charge in [-0.3, -0.25) is 4.79 Å². The van der Waals surface area contributed by atoms with Crippen LogP contribution in [0.25, 0.3) is 0 Å². The molecule has 2 aliphatic heterocycles. The maximum Gasteiger partial charge on any atom is 0.409 e. The van der Waals surface area contributed by atoms with Gasteiger partial charge in [-0.1, -0.05) is 0 Å². The third-order valence-corrected chi connectivity index (χ3v) is 5.10. The molecule has 5 nitrogen and oxygen atoms in total. The molecule has 0 aromatic heterocycles. The number of hydrogen-bond donors (Lipinski definition) is 0. The zero-order valence-corrected chi connectivity index (χ0v) is 14.8. The van der Waals surface area contributed by atoms with E-state index in [1.807, 2.05) is 26.0 Å². The summed E-state index contributed by atoms with van der Waals surface area (Å²) in [6.07, 6.45) is 1.27. The van der Waals surface area contributed by atoms with Crippen molar-refractivity contribution in [2.45, 2.75) is 38.7 Å². The highest BCUT2D eigenvalue weighted by atomic mass is 35.5. The lowest BCUT2D eigenvalue weighted by molar-refractivity contribution is -0.00858. The van der Waals surface area contributed by atoms with Crippen molar-refractivity contribution in [3.8, 4) is 5.75 Å². The van der Waals surface area contributed by atoms with Crippen molar-refractivity contribution in [1.82, 2.24) is 4.90 Å². The van der Waals surface area contributed by atoms with Gasteiger partial charge in [0.1, 0.15) is 18.0 Å². The Labute approximate surface area is 146 Å². The Morgan fingerprint density at radius 3 is 2.62 bits per heavy atom. The first kappa shape index (κ1) is 17.1. The van der Waals surface area contributed by atoms with Crippen LogP contribution in [-0.2, 0) is 4.74 Å². The molecule has 0 radical (unpaired) electrons. The monoisotopic (exact) mass is 351 g/mol. The molecule has 0 bridgehead atoms. The van der Waals surface area contributed by atoms with Gasteiger partial charge < -0.3 is 14.4 Å². The first-order valence-corrected chi connectivity index (χ1v) is 8.79. The van der Waals surface area contributed by atoms with Crippen LogP contribution in [0, 0.1) is 13.8 Å². The zero-order chi connectivity index (χ0) is 17.3. The minimum Gasteiger partial charge on any atom is -0.486 e. The molecule has 0 aliphatic carbocycles.